The summed E-state index contributed by atoms with van der Waals surface area (Å²) >= 11 is 1.20. The first-order valence-corrected chi connectivity index (χ1v) is 11.5. The van der Waals surface area contributed by atoms with Gasteiger partial charge in [-0.3, -0.25) is 9.36 Å². The normalized spacial score (nSPS) is 10.9. The Balaban J connectivity index is 1.50. The minimum atomic E-state index is -1.32. The van der Waals surface area contributed by atoms with Crippen LogP contribution < -0.4 is 15.3 Å². The molecule has 0 saturated carbocycles. The fraction of sp³-hybridized carbons (Fsp3) is 0.0800. The predicted molar refractivity (Wildman–Crippen MR) is 131 cm³/mol. The monoisotopic (exact) mass is 486 g/mol. The number of hydrogen-bond acceptors (Lipinski definition) is 8. The molecule has 10 heteroatoms. The molecule has 0 saturated heterocycles. The predicted octanol–water partition coefficient (Wildman–Crippen LogP) is 2.55. The van der Waals surface area contributed by atoms with Crippen molar-refractivity contribution >= 4 is 29.9 Å². The number of benzene rings is 3. The third-order valence-electron chi connectivity index (χ3n) is 4.90. The van der Waals surface area contributed by atoms with Gasteiger partial charge in [0, 0.05) is 22.4 Å². The maximum absolute atomic E-state index is 12.4. The lowest BCUT2D eigenvalue weighted by molar-refractivity contribution is -0.255. The lowest BCUT2D eigenvalue weighted by atomic mass is 10.1. The maximum Gasteiger partial charge on any atom is 0.250 e. The molecule has 1 N–H and O–H groups in total. The van der Waals surface area contributed by atoms with Gasteiger partial charge in [0.1, 0.15) is 5.75 Å². The molecule has 0 spiro atoms. The van der Waals surface area contributed by atoms with E-state index in [-0.39, 0.29) is 17.2 Å². The SMILES string of the molecule is COc1ccc(-c2nnc(SCC(=O)N/N=C\c3ccccc3C(=O)[O-])n2-c2ccccc2)cc1. The molecule has 0 atom stereocenters. The summed E-state index contributed by atoms with van der Waals surface area (Å²) in [5, 5.41) is 24.2. The van der Waals surface area contributed by atoms with E-state index in [1.807, 2.05) is 59.2 Å². The van der Waals surface area contributed by atoms with E-state index >= 15 is 0 Å². The number of methoxy groups -OCH3 is 1. The van der Waals surface area contributed by atoms with E-state index in [4.69, 9.17) is 4.74 Å². The van der Waals surface area contributed by atoms with Crippen LogP contribution in [-0.2, 0) is 4.79 Å². The Morgan fingerprint density at radius 1 is 1.03 bits per heavy atom. The zero-order valence-electron chi connectivity index (χ0n) is 18.6. The van der Waals surface area contributed by atoms with E-state index in [0.29, 0.717) is 16.5 Å². The molecular weight excluding hydrogens is 466 g/mol. The second-order valence-corrected chi connectivity index (χ2v) is 8.10. The van der Waals surface area contributed by atoms with E-state index < -0.39 is 5.97 Å². The van der Waals surface area contributed by atoms with Crippen molar-refractivity contribution in [2.75, 3.05) is 12.9 Å². The molecule has 0 unspecified atom stereocenters. The number of carboxylic acid groups (broad SMARTS) is 1. The molecule has 0 radical (unpaired) electrons. The summed E-state index contributed by atoms with van der Waals surface area (Å²) < 4.78 is 7.11. The summed E-state index contributed by atoms with van der Waals surface area (Å²) in [7, 11) is 1.60. The molecule has 35 heavy (non-hydrogen) atoms. The van der Waals surface area contributed by atoms with Crippen molar-refractivity contribution < 1.29 is 19.4 Å². The number of aromatic nitrogens is 3. The summed E-state index contributed by atoms with van der Waals surface area (Å²) in [6.45, 7) is 0. The van der Waals surface area contributed by atoms with Crippen LogP contribution in [0.25, 0.3) is 17.1 Å². The Labute approximate surface area is 205 Å². The van der Waals surface area contributed by atoms with Gasteiger partial charge < -0.3 is 14.6 Å². The molecule has 176 valence electrons. The standard InChI is InChI=1S/C25H21N5O4S/c1-34-20-13-11-17(12-14-20)23-28-29-25(30(23)19-8-3-2-4-9-19)35-16-22(31)27-26-15-18-7-5-6-10-21(18)24(32)33/h2-15H,16H2,1H3,(H,27,31)(H,32,33)/p-1/b26-15-. The summed E-state index contributed by atoms with van der Waals surface area (Å²) in [5.74, 6) is -0.326. The van der Waals surface area contributed by atoms with Crippen LogP contribution in [0.4, 0.5) is 0 Å². The van der Waals surface area contributed by atoms with Crippen molar-refractivity contribution in [2.45, 2.75) is 5.16 Å². The average Bonchev–Trinajstić information content (AvgIpc) is 3.32. The quantitative estimate of drug-likeness (QED) is 0.219. The van der Waals surface area contributed by atoms with Crippen LogP contribution in [0.3, 0.4) is 0 Å². The zero-order chi connectivity index (χ0) is 24.6. The van der Waals surface area contributed by atoms with Gasteiger partial charge in [-0.1, -0.05) is 54.2 Å². The number of ether oxygens (including phenoxy) is 1. The van der Waals surface area contributed by atoms with Crippen molar-refractivity contribution in [2.24, 2.45) is 5.10 Å². The second kappa shape index (κ2) is 11.1. The Morgan fingerprint density at radius 3 is 2.46 bits per heavy atom. The second-order valence-electron chi connectivity index (χ2n) is 7.16. The van der Waals surface area contributed by atoms with Gasteiger partial charge in [0.05, 0.1) is 25.0 Å². The third kappa shape index (κ3) is 5.74. The Kier molecular flexibility index (Phi) is 7.53. The highest BCUT2D eigenvalue weighted by atomic mass is 32.2. The average molecular weight is 487 g/mol. The Bertz CT molecular complexity index is 1350. The number of nitrogens with zero attached hydrogens (tertiary/aromatic N) is 4. The highest BCUT2D eigenvalue weighted by Crippen LogP contribution is 2.28. The van der Waals surface area contributed by atoms with E-state index in [1.54, 1.807) is 25.3 Å². The molecule has 4 aromatic rings. The van der Waals surface area contributed by atoms with Crippen molar-refractivity contribution in [1.82, 2.24) is 20.2 Å². The van der Waals surface area contributed by atoms with Gasteiger partial charge in [-0.2, -0.15) is 5.10 Å². The van der Waals surface area contributed by atoms with Crippen LogP contribution in [0.1, 0.15) is 15.9 Å². The lowest BCUT2D eigenvalue weighted by Crippen LogP contribution is -2.24. The number of hydrazone groups is 1. The largest absolute Gasteiger partial charge is 0.545 e. The number of para-hydroxylation sites is 1. The van der Waals surface area contributed by atoms with Crippen LogP contribution >= 0.6 is 11.8 Å². The van der Waals surface area contributed by atoms with Crippen molar-refractivity contribution in [3.63, 3.8) is 0 Å². The van der Waals surface area contributed by atoms with Crippen molar-refractivity contribution in [3.8, 4) is 22.8 Å². The number of nitrogens with one attached hydrogen (secondary N) is 1. The highest BCUT2D eigenvalue weighted by molar-refractivity contribution is 7.99. The van der Waals surface area contributed by atoms with Crippen LogP contribution in [-0.4, -0.2) is 45.7 Å². The summed E-state index contributed by atoms with van der Waals surface area (Å²) in [6.07, 6.45) is 1.27. The molecule has 0 aliphatic rings. The number of aromatic carboxylic acids is 1. The number of carboxylic acids is 1. The molecule has 0 fully saturated rings. The molecule has 1 heterocycles. The number of thioether (sulfide) groups is 1. The number of rotatable bonds is 9. The first-order valence-electron chi connectivity index (χ1n) is 10.5. The van der Waals surface area contributed by atoms with E-state index in [0.717, 1.165) is 17.0 Å². The first kappa shape index (κ1) is 23.7. The number of amides is 1. The number of carbonyl (C=O) groups is 2. The molecular formula is C25H20N5O4S-. The molecule has 0 aliphatic carbocycles. The van der Waals surface area contributed by atoms with Crippen LogP contribution in [0.15, 0.2) is 89.1 Å². The topological polar surface area (TPSA) is 122 Å². The molecule has 4 rings (SSSR count). The molecule has 0 aliphatic heterocycles. The molecule has 9 nitrogen and oxygen atoms in total. The van der Waals surface area contributed by atoms with Crippen LogP contribution in [0.5, 0.6) is 5.75 Å². The van der Waals surface area contributed by atoms with Crippen LogP contribution in [0, 0.1) is 0 Å². The molecule has 1 amide bonds. The van der Waals surface area contributed by atoms with Gasteiger partial charge in [0.25, 0.3) is 5.91 Å². The van der Waals surface area contributed by atoms with Gasteiger partial charge in [-0.25, -0.2) is 5.43 Å². The fourth-order valence-electron chi connectivity index (χ4n) is 3.23. The summed E-state index contributed by atoms with van der Waals surface area (Å²) in [4.78, 5) is 23.6. The minimum Gasteiger partial charge on any atom is -0.545 e. The summed E-state index contributed by atoms with van der Waals surface area (Å²) in [6, 6.07) is 23.3. The number of carbonyl (C=O) groups excluding carboxylic acids is 2. The van der Waals surface area contributed by atoms with Gasteiger partial charge in [-0.05, 0) is 36.4 Å². The van der Waals surface area contributed by atoms with E-state index in [2.05, 4.69) is 20.7 Å². The Morgan fingerprint density at radius 2 is 1.74 bits per heavy atom. The third-order valence-corrected chi connectivity index (χ3v) is 5.83. The van der Waals surface area contributed by atoms with E-state index in [1.165, 1.54) is 24.0 Å². The van der Waals surface area contributed by atoms with Gasteiger partial charge in [0.15, 0.2) is 11.0 Å². The summed E-state index contributed by atoms with van der Waals surface area (Å²) in [5.41, 5.74) is 4.41. The van der Waals surface area contributed by atoms with Gasteiger partial charge in [0.2, 0.25) is 0 Å². The van der Waals surface area contributed by atoms with Gasteiger partial charge >= 0.3 is 0 Å². The van der Waals surface area contributed by atoms with Crippen LogP contribution in [0.2, 0.25) is 0 Å². The molecule has 3 aromatic carbocycles. The maximum atomic E-state index is 12.4. The van der Waals surface area contributed by atoms with Crippen molar-refractivity contribution in [3.05, 3.63) is 90.0 Å². The fourth-order valence-corrected chi connectivity index (χ4v) is 3.98. The minimum absolute atomic E-state index is 0.0121. The van der Waals surface area contributed by atoms with E-state index in [9.17, 15) is 14.7 Å². The molecule has 0 bridgehead atoms. The first-order chi connectivity index (χ1) is 17.1. The van der Waals surface area contributed by atoms with Crippen molar-refractivity contribution in [1.29, 1.82) is 0 Å². The zero-order valence-corrected chi connectivity index (χ0v) is 19.4. The molecule has 1 aromatic heterocycles. The number of hydrogen-bond donors (Lipinski definition) is 1. The highest BCUT2D eigenvalue weighted by Gasteiger charge is 2.17. The lowest BCUT2D eigenvalue weighted by Gasteiger charge is -2.10. The van der Waals surface area contributed by atoms with Gasteiger partial charge in [-0.15, -0.1) is 10.2 Å². The smallest absolute Gasteiger partial charge is 0.250 e. The Hall–Kier alpha value is -4.44.